The third kappa shape index (κ3) is 5.03. The van der Waals surface area contributed by atoms with Gasteiger partial charge in [-0.15, -0.1) is 0 Å². The van der Waals surface area contributed by atoms with Crippen molar-refractivity contribution in [2.45, 2.75) is 31.8 Å². The molecule has 136 valence electrons. The summed E-state index contributed by atoms with van der Waals surface area (Å²) in [5.41, 5.74) is 1.33. The van der Waals surface area contributed by atoms with E-state index in [0.717, 1.165) is 32.5 Å². The molecule has 2 aliphatic rings. The van der Waals surface area contributed by atoms with Gasteiger partial charge in [-0.05, 0) is 37.4 Å². The smallest absolute Gasteiger partial charge is 0.322 e. The van der Waals surface area contributed by atoms with Crippen LogP contribution in [0.1, 0.15) is 24.8 Å². The highest BCUT2D eigenvalue weighted by Crippen LogP contribution is 2.23. The van der Waals surface area contributed by atoms with Crippen LogP contribution in [0, 0.1) is 5.92 Å². The first-order chi connectivity index (χ1) is 12.1. The van der Waals surface area contributed by atoms with Crippen molar-refractivity contribution >= 4 is 11.9 Å². The molecule has 0 radical (unpaired) electrons. The lowest BCUT2D eigenvalue weighted by atomic mass is 9.92. The topological polar surface area (TPSA) is 72.9 Å². The number of piperidine rings is 1. The van der Waals surface area contributed by atoms with Gasteiger partial charge in [-0.3, -0.25) is 14.5 Å². The lowest BCUT2D eigenvalue weighted by molar-refractivity contribution is -0.143. The number of rotatable bonds is 5. The van der Waals surface area contributed by atoms with Gasteiger partial charge in [0.05, 0.1) is 0 Å². The van der Waals surface area contributed by atoms with E-state index in [1.807, 2.05) is 6.07 Å². The van der Waals surface area contributed by atoms with E-state index in [1.165, 1.54) is 5.56 Å². The molecule has 0 bridgehead atoms. The van der Waals surface area contributed by atoms with E-state index >= 15 is 0 Å². The van der Waals surface area contributed by atoms with Crippen molar-refractivity contribution in [2.24, 2.45) is 5.92 Å². The average Bonchev–Trinajstić information content (AvgIpc) is 2.64. The zero-order valence-corrected chi connectivity index (χ0v) is 14.6. The predicted molar refractivity (Wildman–Crippen MR) is 95.1 cm³/mol. The normalized spacial score (nSPS) is 22.7. The number of amides is 1. The maximum Gasteiger partial charge on any atom is 0.322 e. The van der Waals surface area contributed by atoms with Crippen LogP contribution in [0.25, 0.3) is 0 Å². The molecule has 1 amide bonds. The van der Waals surface area contributed by atoms with Crippen LogP contribution in [-0.2, 0) is 16.1 Å². The summed E-state index contributed by atoms with van der Waals surface area (Å²) in [4.78, 5) is 27.8. The van der Waals surface area contributed by atoms with Crippen molar-refractivity contribution in [3.63, 3.8) is 0 Å². The molecule has 0 aliphatic carbocycles. The van der Waals surface area contributed by atoms with Gasteiger partial charge >= 0.3 is 5.97 Å². The molecule has 0 spiro atoms. The monoisotopic (exact) mass is 345 g/mol. The zero-order valence-electron chi connectivity index (χ0n) is 14.6. The Bertz CT molecular complexity index is 585. The molecule has 1 aromatic carbocycles. The van der Waals surface area contributed by atoms with Crippen molar-refractivity contribution in [1.82, 2.24) is 15.1 Å². The SMILES string of the molecule is O=C(O)[C@H]1CN(C(=O)CC2CCN(Cc3ccccc3)CC2)CCN1. The van der Waals surface area contributed by atoms with Crippen LogP contribution in [0.2, 0.25) is 0 Å². The minimum Gasteiger partial charge on any atom is -0.480 e. The van der Waals surface area contributed by atoms with Crippen LogP contribution in [0.4, 0.5) is 0 Å². The Kier molecular flexibility index (Phi) is 6.04. The van der Waals surface area contributed by atoms with Crippen molar-refractivity contribution in [3.8, 4) is 0 Å². The number of benzene rings is 1. The van der Waals surface area contributed by atoms with Gasteiger partial charge in [-0.1, -0.05) is 30.3 Å². The first-order valence-electron chi connectivity index (χ1n) is 9.12. The Labute approximate surface area is 148 Å². The molecule has 25 heavy (non-hydrogen) atoms. The highest BCUT2D eigenvalue weighted by Gasteiger charge is 2.29. The molecule has 2 aliphatic heterocycles. The number of aliphatic carboxylic acids is 1. The molecule has 2 heterocycles. The summed E-state index contributed by atoms with van der Waals surface area (Å²) >= 11 is 0. The second-order valence-electron chi connectivity index (χ2n) is 7.09. The fraction of sp³-hybridized carbons (Fsp3) is 0.579. The predicted octanol–water partition coefficient (Wildman–Crippen LogP) is 1.17. The number of piperazine rings is 1. The number of carboxylic acids is 1. The number of hydrogen-bond donors (Lipinski definition) is 2. The molecule has 2 N–H and O–H groups in total. The molecular weight excluding hydrogens is 318 g/mol. The Morgan fingerprint density at radius 2 is 1.84 bits per heavy atom. The fourth-order valence-corrected chi connectivity index (χ4v) is 3.71. The summed E-state index contributed by atoms with van der Waals surface area (Å²) in [5.74, 6) is -0.362. The first-order valence-corrected chi connectivity index (χ1v) is 9.12. The van der Waals surface area contributed by atoms with Gasteiger partial charge in [0.25, 0.3) is 0 Å². The number of carboxylic acid groups (broad SMARTS) is 1. The minimum absolute atomic E-state index is 0.106. The number of carbonyl (C=O) groups excluding carboxylic acids is 1. The van der Waals surface area contributed by atoms with Gasteiger partial charge in [-0.25, -0.2) is 0 Å². The van der Waals surface area contributed by atoms with Crippen LogP contribution in [0.5, 0.6) is 0 Å². The Balaban J connectivity index is 1.42. The third-order valence-corrected chi connectivity index (χ3v) is 5.25. The lowest BCUT2D eigenvalue weighted by Crippen LogP contribution is -2.56. The maximum absolute atomic E-state index is 12.5. The molecule has 2 fully saturated rings. The number of nitrogens with zero attached hydrogens (tertiary/aromatic N) is 2. The second kappa shape index (κ2) is 8.45. The van der Waals surface area contributed by atoms with E-state index in [4.69, 9.17) is 5.11 Å². The van der Waals surface area contributed by atoms with E-state index in [1.54, 1.807) is 4.90 Å². The van der Waals surface area contributed by atoms with Crippen LogP contribution in [0.15, 0.2) is 30.3 Å². The number of likely N-dealkylation sites (tertiary alicyclic amines) is 1. The summed E-state index contributed by atoms with van der Waals surface area (Å²) in [6.07, 6.45) is 2.62. The van der Waals surface area contributed by atoms with Gasteiger partial charge in [0, 0.05) is 32.6 Å². The largest absolute Gasteiger partial charge is 0.480 e. The quantitative estimate of drug-likeness (QED) is 0.838. The highest BCUT2D eigenvalue weighted by atomic mass is 16.4. The van der Waals surface area contributed by atoms with E-state index in [2.05, 4.69) is 34.5 Å². The lowest BCUT2D eigenvalue weighted by Gasteiger charge is -2.35. The van der Waals surface area contributed by atoms with E-state index in [-0.39, 0.29) is 12.5 Å². The number of nitrogens with one attached hydrogen (secondary N) is 1. The molecular formula is C19H27N3O3. The van der Waals surface area contributed by atoms with Crippen LogP contribution < -0.4 is 5.32 Å². The molecule has 6 nitrogen and oxygen atoms in total. The minimum atomic E-state index is -0.883. The first kappa shape index (κ1) is 17.9. The summed E-state index contributed by atoms with van der Waals surface area (Å²) in [6.45, 7) is 4.45. The van der Waals surface area contributed by atoms with E-state index in [0.29, 0.717) is 25.4 Å². The molecule has 0 saturated carbocycles. The van der Waals surface area contributed by atoms with Gasteiger partial charge < -0.3 is 15.3 Å². The summed E-state index contributed by atoms with van der Waals surface area (Å²) in [5, 5.41) is 12.0. The van der Waals surface area contributed by atoms with Crippen molar-refractivity contribution in [3.05, 3.63) is 35.9 Å². The summed E-state index contributed by atoms with van der Waals surface area (Å²) in [6, 6.07) is 9.84. The van der Waals surface area contributed by atoms with Gasteiger partial charge in [0.1, 0.15) is 6.04 Å². The zero-order chi connectivity index (χ0) is 17.6. The van der Waals surface area contributed by atoms with Crippen molar-refractivity contribution < 1.29 is 14.7 Å². The molecule has 1 aromatic rings. The van der Waals surface area contributed by atoms with Gasteiger partial charge in [0.2, 0.25) is 5.91 Å². The van der Waals surface area contributed by atoms with E-state index < -0.39 is 12.0 Å². The molecule has 1 atom stereocenters. The second-order valence-corrected chi connectivity index (χ2v) is 7.09. The number of hydrogen-bond acceptors (Lipinski definition) is 4. The third-order valence-electron chi connectivity index (χ3n) is 5.25. The van der Waals surface area contributed by atoms with Gasteiger partial charge in [0.15, 0.2) is 0 Å². The highest BCUT2D eigenvalue weighted by molar-refractivity contribution is 5.79. The van der Waals surface area contributed by atoms with Gasteiger partial charge in [-0.2, -0.15) is 0 Å². The molecule has 0 aromatic heterocycles. The summed E-state index contributed by atoms with van der Waals surface area (Å²) < 4.78 is 0. The standard InChI is InChI=1S/C19H27N3O3/c23-18(22-11-8-20-17(14-22)19(24)25)12-15-6-9-21(10-7-15)13-16-4-2-1-3-5-16/h1-5,15,17,20H,6-14H2,(H,24,25)/t17-/m1/s1. The van der Waals surface area contributed by atoms with E-state index in [9.17, 15) is 9.59 Å². The average molecular weight is 345 g/mol. The van der Waals surface area contributed by atoms with Crippen LogP contribution >= 0.6 is 0 Å². The Morgan fingerprint density at radius 3 is 2.52 bits per heavy atom. The fourth-order valence-electron chi connectivity index (χ4n) is 3.71. The molecule has 6 heteroatoms. The van der Waals surface area contributed by atoms with Crippen molar-refractivity contribution in [1.29, 1.82) is 0 Å². The number of carbonyl (C=O) groups is 2. The van der Waals surface area contributed by atoms with Crippen LogP contribution in [0.3, 0.4) is 0 Å². The molecule has 0 unspecified atom stereocenters. The summed E-state index contributed by atoms with van der Waals surface area (Å²) in [7, 11) is 0. The van der Waals surface area contributed by atoms with Crippen LogP contribution in [-0.4, -0.2) is 65.5 Å². The Hall–Kier alpha value is -1.92. The Morgan fingerprint density at radius 1 is 1.12 bits per heavy atom. The van der Waals surface area contributed by atoms with Crippen molar-refractivity contribution in [2.75, 3.05) is 32.7 Å². The maximum atomic E-state index is 12.5. The molecule has 3 rings (SSSR count). The molecule has 2 saturated heterocycles.